The number of alkyl halides is 3. The van der Waals surface area contributed by atoms with Crippen molar-refractivity contribution in [3.8, 4) is 0 Å². The largest absolute Gasteiger partial charge is 0.402 e. The van der Waals surface area contributed by atoms with E-state index < -0.39 is 33.4 Å². The van der Waals surface area contributed by atoms with Crippen molar-refractivity contribution in [2.45, 2.75) is 6.18 Å². The predicted octanol–water partition coefficient (Wildman–Crippen LogP) is -0.551. The maximum atomic E-state index is 11.5. The average Bonchev–Trinajstić information content (AvgIpc) is 1.48. The van der Waals surface area contributed by atoms with E-state index in [0.717, 1.165) is 0 Å². The topological polar surface area (TPSA) is 77.2 Å². The molecule has 72 valence electrons. The fourth-order valence-electron chi connectivity index (χ4n) is 0.517. The fraction of sp³-hybridized carbons (Fsp3) is 0.750. The lowest BCUT2D eigenvalue weighted by atomic mass is 10.8. The molecule has 0 fully saturated rings. The van der Waals surface area contributed by atoms with Gasteiger partial charge in [0.1, 0.15) is 11.5 Å². The molecule has 0 bridgehead atoms. The first kappa shape index (κ1) is 11.2. The second-order valence-corrected chi connectivity index (χ2v) is 4.18. The summed E-state index contributed by atoms with van der Waals surface area (Å²) in [4.78, 5) is 9.98. The lowest BCUT2D eigenvalue weighted by Crippen LogP contribution is -2.30. The molecule has 4 nitrogen and oxygen atoms in total. The van der Waals surface area contributed by atoms with Gasteiger partial charge < -0.3 is 5.73 Å². The van der Waals surface area contributed by atoms with Crippen LogP contribution in [-0.4, -0.2) is 32.0 Å². The van der Waals surface area contributed by atoms with E-state index in [1.165, 1.54) is 0 Å². The van der Waals surface area contributed by atoms with Crippen LogP contribution in [0.25, 0.3) is 0 Å². The van der Waals surface area contributed by atoms with E-state index in [9.17, 15) is 26.4 Å². The summed E-state index contributed by atoms with van der Waals surface area (Å²) in [5.41, 5.74) is 4.41. The van der Waals surface area contributed by atoms with E-state index in [-0.39, 0.29) is 0 Å². The standard InChI is InChI=1S/C4H6F3NO3S/c5-4(6,7)2-12(10,11)1-3(8)9/h1-2H2,(H2,8,9). The molecule has 12 heavy (non-hydrogen) atoms. The lowest BCUT2D eigenvalue weighted by molar-refractivity contribution is -0.115. The smallest absolute Gasteiger partial charge is 0.369 e. The van der Waals surface area contributed by atoms with E-state index in [1.54, 1.807) is 0 Å². The van der Waals surface area contributed by atoms with Crippen LogP contribution < -0.4 is 5.73 Å². The molecule has 0 aliphatic carbocycles. The highest BCUT2D eigenvalue weighted by Crippen LogP contribution is 2.17. The third-order valence-corrected chi connectivity index (χ3v) is 2.24. The van der Waals surface area contributed by atoms with E-state index in [4.69, 9.17) is 0 Å². The van der Waals surface area contributed by atoms with Gasteiger partial charge in [0.2, 0.25) is 5.91 Å². The number of amides is 1. The summed E-state index contributed by atoms with van der Waals surface area (Å²) in [5, 5.41) is 0. The minimum Gasteiger partial charge on any atom is -0.369 e. The summed E-state index contributed by atoms with van der Waals surface area (Å²) in [6.45, 7) is 0. The zero-order valence-corrected chi connectivity index (χ0v) is 6.57. The second-order valence-electron chi connectivity index (χ2n) is 2.11. The van der Waals surface area contributed by atoms with Crippen molar-refractivity contribution < 1.29 is 26.4 Å². The Morgan fingerprint density at radius 3 is 2.00 bits per heavy atom. The monoisotopic (exact) mass is 205 g/mol. The van der Waals surface area contributed by atoms with Gasteiger partial charge in [0.25, 0.3) is 0 Å². The molecule has 0 aromatic heterocycles. The van der Waals surface area contributed by atoms with Gasteiger partial charge in [0.05, 0.1) is 0 Å². The number of carbonyl (C=O) groups excluding carboxylic acids is 1. The molecule has 0 aromatic rings. The number of carbonyl (C=O) groups is 1. The first-order chi connectivity index (χ1) is 5.12. The molecular formula is C4H6F3NO3S. The molecule has 8 heteroatoms. The molecule has 0 saturated heterocycles. The highest BCUT2D eigenvalue weighted by Gasteiger charge is 2.35. The van der Waals surface area contributed by atoms with Crippen molar-refractivity contribution in [3.63, 3.8) is 0 Å². The minimum atomic E-state index is -4.83. The fourth-order valence-corrected chi connectivity index (χ4v) is 1.55. The molecule has 0 atom stereocenters. The van der Waals surface area contributed by atoms with Crippen molar-refractivity contribution in [1.82, 2.24) is 0 Å². The molecule has 0 spiro atoms. The molecule has 1 amide bonds. The molecule has 0 heterocycles. The first-order valence-electron chi connectivity index (χ1n) is 2.68. The van der Waals surface area contributed by atoms with E-state index in [2.05, 4.69) is 5.73 Å². The Labute approximate surface area is 66.5 Å². The van der Waals surface area contributed by atoms with Gasteiger partial charge in [-0.25, -0.2) is 8.42 Å². The van der Waals surface area contributed by atoms with Crippen molar-refractivity contribution >= 4 is 15.7 Å². The van der Waals surface area contributed by atoms with Crippen molar-refractivity contribution in [3.05, 3.63) is 0 Å². The Bertz CT molecular complexity index is 268. The predicted molar refractivity (Wildman–Crippen MR) is 33.9 cm³/mol. The van der Waals surface area contributed by atoms with Crippen molar-refractivity contribution in [1.29, 1.82) is 0 Å². The van der Waals surface area contributed by atoms with Crippen LogP contribution in [0.4, 0.5) is 13.2 Å². The number of rotatable bonds is 3. The Balaban J connectivity index is 4.36. The van der Waals surface area contributed by atoms with Crippen LogP contribution >= 0.6 is 0 Å². The molecule has 0 aliphatic heterocycles. The Morgan fingerprint density at radius 2 is 1.75 bits per heavy atom. The maximum Gasteiger partial charge on any atom is 0.402 e. The zero-order chi connectivity index (χ0) is 9.99. The first-order valence-corrected chi connectivity index (χ1v) is 4.50. The molecule has 0 aliphatic rings. The van der Waals surface area contributed by atoms with E-state index in [1.807, 2.05) is 0 Å². The molecule has 2 N–H and O–H groups in total. The van der Waals surface area contributed by atoms with Gasteiger partial charge >= 0.3 is 6.18 Å². The number of nitrogens with two attached hydrogens (primary N) is 1. The molecule has 0 radical (unpaired) electrons. The van der Waals surface area contributed by atoms with Crippen LogP contribution in [0.1, 0.15) is 0 Å². The number of primary amides is 1. The Kier molecular flexibility index (Phi) is 3.08. The van der Waals surface area contributed by atoms with Crippen LogP contribution in [0.3, 0.4) is 0 Å². The molecule has 0 rings (SSSR count). The third kappa shape index (κ3) is 5.96. The summed E-state index contributed by atoms with van der Waals surface area (Å²) in [6, 6.07) is 0. The minimum absolute atomic E-state index is 1.27. The summed E-state index contributed by atoms with van der Waals surface area (Å²) in [6.07, 6.45) is -4.83. The van der Waals surface area contributed by atoms with Gasteiger partial charge in [0, 0.05) is 0 Å². The number of hydrogen-bond acceptors (Lipinski definition) is 3. The number of sulfone groups is 1. The lowest BCUT2D eigenvalue weighted by Gasteiger charge is -2.05. The zero-order valence-electron chi connectivity index (χ0n) is 5.76. The quantitative estimate of drug-likeness (QED) is 0.671. The van der Waals surface area contributed by atoms with Crippen molar-refractivity contribution in [2.75, 3.05) is 11.5 Å². The summed E-state index contributed by atoms with van der Waals surface area (Å²) in [7, 11) is -4.44. The third-order valence-electron chi connectivity index (χ3n) is 0.746. The van der Waals surface area contributed by atoms with Crippen LogP contribution in [0.5, 0.6) is 0 Å². The van der Waals surface area contributed by atoms with Gasteiger partial charge in [0.15, 0.2) is 9.84 Å². The summed E-state index contributed by atoms with van der Waals surface area (Å²) >= 11 is 0. The molecule has 0 saturated carbocycles. The maximum absolute atomic E-state index is 11.5. The average molecular weight is 205 g/mol. The Hall–Kier alpha value is -0.790. The normalized spacial score (nSPS) is 12.9. The van der Waals surface area contributed by atoms with E-state index >= 15 is 0 Å². The SMILES string of the molecule is NC(=O)CS(=O)(=O)CC(F)(F)F. The van der Waals surface area contributed by atoms with Gasteiger partial charge in [-0.3, -0.25) is 4.79 Å². The summed E-state index contributed by atoms with van der Waals surface area (Å²) < 4.78 is 55.3. The highest BCUT2D eigenvalue weighted by molar-refractivity contribution is 7.92. The van der Waals surface area contributed by atoms with Gasteiger partial charge in [-0.2, -0.15) is 13.2 Å². The number of hydrogen-bond donors (Lipinski definition) is 1. The molecule has 0 unspecified atom stereocenters. The van der Waals surface area contributed by atoms with Crippen molar-refractivity contribution in [2.24, 2.45) is 5.73 Å². The Morgan fingerprint density at radius 1 is 1.33 bits per heavy atom. The van der Waals surface area contributed by atoms with Gasteiger partial charge in [-0.1, -0.05) is 0 Å². The molecule has 0 aromatic carbocycles. The molecular weight excluding hydrogens is 199 g/mol. The van der Waals surface area contributed by atoms with Crippen LogP contribution in [0.2, 0.25) is 0 Å². The second kappa shape index (κ2) is 3.30. The summed E-state index contributed by atoms with van der Waals surface area (Å²) in [5.74, 6) is -4.57. The van der Waals surface area contributed by atoms with Gasteiger partial charge in [-0.15, -0.1) is 0 Å². The number of halogens is 3. The van der Waals surface area contributed by atoms with Gasteiger partial charge in [-0.05, 0) is 0 Å². The van der Waals surface area contributed by atoms with Crippen LogP contribution in [0.15, 0.2) is 0 Å². The highest BCUT2D eigenvalue weighted by atomic mass is 32.2. The van der Waals surface area contributed by atoms with E-state index in [0.29, 0.717) is 0 Å². The van der Waals surface area contributed by atoms with Crippen LogP contribution in [-0.2, 0) is 14.6 Å². The van der Waals surface area contributed by atoms with Crippen LogP contribution in [0, 0.1) is 0 Å².